The molecule has 82 valence electrons. The topological polar surface area (TPSA) is 12.5 Å². The molecule has 1 aromatic rings. The van der Waals surface area contributed by atoms with Crippen LogP contribution in [-0.4, -0.2) is 26.3 Å². The lowest BCUT2D eigenvalue weighted by Crippen LogP contribution is -2.36. The van der Waals surface area contributed by atoms with Crippen molar-refractivity contribution in [1.29, 1.82) is 0 Å². The number of rotatable bonds is 2. The number of methoxy groups -OCH3 is 1. The van der Waals surface area contributed by atoms with Crippen molar-refractivity contribution in [1.82, 2.24) is 0 Å². The van der Waals surface area contributed by atoms with Gasteiger partial charge in [0, 0.05) is 25.9 Å². The summed E-state index contributed by atoms with van der Waals surface area (Å²) in [6.45, 7) is 1.89. The van der Waals surface area contributed by atoms with Crippen LogP contribution in [0.4, 0.5) is 10.1 Å². The van der Waals surface area contributed by atoms with E-state index in [1.807, 2.05) is 6.07 Å². The molecule has 0 spiro atoms. The number of piperidine rings is 1. The summed E-state index contributed by atoms with van der Waals surface area (Å²) in [5.74, 6) is -0.165. The molecule has 2 nitrogen and oxygen atoms in total. The fraction of sp³-hybridized carbons (Fsp3) is 0.500. The van der Waals surface area contributed by atoms with Crippen molar-refractivity contribution in [2.24, 2.45) is 0 Å². The molecule has 1 saturated heterocycles. The largest absolute Gasteiger partial charge is 0.381 e. The molecule has 0 radical (unpaired) electrons. The Hall–Kier alpha value is -1.09. The smallest absolute Gasteiger partial charge is 0.125 e. The summed E-state index contributed by atoms with van der Waals surface area (Å²) in [7, 11) is 1.75. The van der Waals surface area contributed by atoms with Crippen LogP contribution in [0.25, 0.3) is 0 Å². The van der Waals surface area contributed by atoms with Crippen LogP contribution in [-0.2, 0) is 4.74 Å². The molecule has 1 aromatic carbocycles. The minimum absolute atomic E-state index is 0.165. The molecule has 0 saturated carbocycles. The minimum atomic E-state index is -0.165. The van der Waals surface area contributed by atoms with Crippen molar-refractivity contribution in [3.8, 4) is 0 Å². The lowest BCUT2D eigenvalue weighted by Gasteiger charge is -2.32. The second-order valence-corrected chi connectivity index (χ2v) is 3.90. The molecule has 15 heavy (non-hydrogen) atoms. The van der Waals surface area contributed by atoms with E-state index in [-0.39, 0.29) is 5.82 Å². The molecule has 0 aliphatic carbocycles. The average molecular weight is 209 g/mol. The molecule has 0 atom stereocenters. The number of benzene rings is 1. The van der Waals surface area contributed by atoms with Crippen molar-refractivity contribution in [2.45, 2.75) is 18.9 Å². The van der Waals surface area contributed by atoms with Gasteiger partial charge in [0.25, 0.3) is 0 Å². The average Bonchev–Trinajstić information content (AvgIpc) is 2.29. The van der Waals surface area contributed by atoms with Gasteiger partial charge in [-0.05, 0) is 31.0 Å². The second kappa shape index (κ2) is 4.62. The molecule has 1 fully saturated rings. The fourth-order valence-corrected chi connectivity index (χ4v) is 2.02. The summed E-state index contributed by atoms with van der Waals surface area (Å²) < 4.78 is 18.3. The lowest BCUT2D eigenvalue weighted by atomic mass is 10.1. The summed E-state index contributed by atoms with van der Waals surface area (Å²) >= 11 is 0. The highest BCUT2D eigenvalue weighted by molar-refractivity contribution is 5.46. The first-order valence-electron chi connectivity index (χ1n) is 5.33. The van der Waals surface area contributed by atoms with Gasteiger partial charge in [0.1, 0.15) is 5.82 Å². The van der Waals surface area contributed by atoms with Gasteiger partial charge >= 0.3 is 0 Å². The van der Waals surface area contributed by atoms with Gasteiger partial charge in [-0.2, -0.15) is 0 Å². The first-order valence-corrected chi connectivity index (χ1v) is 5.33. The molecule has 1 aliphatic heterocycles. The Kier molecular flexibility index (Phi) is 3.21. The highest BCUT2D eigenvalue weighted by atomic mass is 19.1. The van der Waals surface area contributed by atoms with E-state index in [1.54, 1.807) is 19.2 Å². The van der Waals surface area contributed by atoms with Crippen LogP contribution in [0.15, 0.2) is 24.3 Å². The monoisotopic (exact) mass is 209 g/mol. The number of halogens is 1. The van der Waals surface area contributed by atoms with Crippen LogP contribution >= 0.6 is 0 Å². The number of nitrogens with zero attached hydrogens (tertiary/aromatic N) is 1. The quantitative estimate of drug-likeness (QED) is 0.741. The highest BCUT2D eigenvalue weighted by Gasteiger charge is 2.18. The Morgan fingerprint density at radius 2 is 2.07 bits per heavy atom. The number of anilines is 1. The molecular weight excluding hydrogens is 193 g/mol. The molecule has 0 amide bonds. The number of hydrogen-bond donors (Lipinski definition) is 0. The first-order chi connectivity index (χ1) is 7.29. The maximum absolute atomic E-state index is 13.0. The van der Waals surface area contributed by atoms with Gasteiger partial charge in [-0.25, -0.2) is 4.39 Å². The molecule has 2 rings (SSSR count). The van der Waals surface area contributed by atoms with E-state index < -0.39 is 0 Å². The molecule has 0 aromatic heterocycles. The Balaban J connectivity index is 2.01. The van der Waals surface area contributed by atoms with E-state index in [9.17, 15) is 4.39 Å². The van der Waals surface area contributed by atoms with Gasteiger partial charge < -0.3 is 9.64 Å². The van der Waals surface area contributed by atoms with Crippen molar-refractivity contribution in [2.75, 3.05) is 25.1 Å². The summed E-state index contributed by atoms with van der Waals surface area (Å²) in [5.41, 5.74) is 0.976. The third kappa shape index (κ3) is 2.48. The normalized spacial score (nSPS) is 18.1. The molecule has 1 aliphatic rings. The summed E-state index contributed by atoms with van der Waals surface area (Å²) in [6.07, 6.45) is 2.41. The zero-order valence-electron chi connectivity index (χ0n) is 8.95. The lowest BCUT2D eigenvalue weighted by molar-refractivity contribution is 0.0819. The van der Waals surface area contributed by atoms with Crippen molar-refractivity contribution < 1.29 is 9.13 Å². The van der Waals surface area contributed by atoms with Crippen LogP contribution in [0.2, 0.25) is 0 Å². The van der Waals surface area contributed by atoms with E-state index in [1.165, 1.54) is 6.07 Å². The minimum Gasteiger partial charge on any atom is -0.381 e. The van der Waals surface area contributed by atoms with Crippen molar-refractivity contribution in [3.05, 3.63) is 30.1 Å². The van der Waals surface area contributed by atoms with Gasteiger partial charge in [0.15, 0.2) is 0 Å². The van der Waals surface area contributed by atoms with Gasteiger partial charge in [-0.1, -0.05) is 6.07 Å². The molecular formula is C12H16FNO. The Labute approximate surface area is 89.7 Å². The SMILES string of the molecule is COC1CCN(c2cccc(F)c2)CC1. The second-order valence-electron chi connectivity index (χ2n) is 3.90. The molecule has 3 heteroatoms. The molecule has 0 N–H and O–H groups in total. The van der Waals surface area contributed by atoms with Crippen LogP contribution in [0.3, 0.4) is 0 Å². The maximum atomic E-state index is 13.0. The van der Waals surface area contributed by atoms with Crippen LogP contribution < -0.4 is 4.90 Å². The third-order valence-corrected chi connectivity index (χ3v) is 2.95. The van der Waals surface area contributed by atoms with E-state index in [4.69, 9.17) is 4.74 Å². The van der Waals surface area contributed by atoms with E-state index >= 15 is 0 Å². The predicted octanol–water partition coefficient (Wildman–Crippen LogP) is 2.44. The van der Waals surface area contributed by atoms with E-state index in [0.717, 1.165) is 31.6 Å². The van der Waals surface area contributed by atoms with Gasteiger partial charge in [-0.15, -0.1) is 0 Å². The molecule has 0 bridgehead atoms. The van der Waals surface area contributed by atoms with Crippen molar-refractivity contribution in [3.63, 3.8) is 0 Å². The highest BCUT2D eigenvalue weighted by Crippen LogP contribution is 2.21. The predicted molar refractivity (Wildman–Crippen MR) is 58.6 cm³/mol. The third-order valence-electron chi connectivity index (χ3n) is 2.95. The summed E-state index contributed by atoms with van der Waals surface area (Å²) in [5, 5.41) is 0. The van der Waals surface area contributed by atoms with Crippen LogP contribution in [0.5, 0.6) is 0 Å². The summed E-state index contributed by atoms with van der Waals surface area (Å²) in [4.78, 5) is 2.21. The fourth-order valence-electron chi connectivity index (χ4n) is 2.02. The van der Waals surface area contributed by atoms with Gasteiger partial charge in [0.05, 0.1) is 6.10 Å². The van der Waals surface area contributed by atoms with Gasteiger partial charge in [0.2, 0.25) is 0 Å². The Bertz CT molecular complexity index is 321. The van der Waals surface area contributed by atoms with Crippen molar-refractivity contribution >= 4 is 5.69 Å². The van der Waals surface area contributed by atoms with E-state index in [2.05, 4.69) is 4.90 Å². The first kappa shape index (κ1) is 10.4. The standard InChI is InChI=1S/C12H16FNO/c1-15-12-5-7-14(8-6-12)11-4-2-3-10(13)9-11/h2-4,9,12H,5-8H2,1H3. The zero-order valence-corrected chi connectivity index (χ0v) is 8.95. The van der Waals surface area contributed by atoms with Crippen LogP contribution in [0.1, 0.15) is 12.8 Å². The van der Waals surface area contributed by atoms with E-state index in [0.29, 0.717) is 6.10 Å². The Morgan fingerprint density at radius 3 is 2.67 bits per heavy atom. The zero-order chi connectivity index (χ0) is 10.7. The molecule has 0 unspecified atom stereocenters. The number of ether oxygens (including phenoxy) is 1. The Morgan fingerprint density at radius 1 is 1.33 bits per heavy atom. The summed E-state index contributed by atoms with van der Waals surface area (Å²) in [6, 6.07) is 6.78. The van der Waals surface area contributed by atoms with Crippen LogP contribution in [0, 0.1) is 5.82 Å². The van der Waals surface area contributed by atoms with Gasteiger partial charge in [-0.3, -0.25) is 0 Å². The molecule has 1 heterocycles. The maximum Gasteiger partial charge on any atom is 0.125 e. The number of hydrogen-bond acceptors (Lipinski definition) is 2.